The molecule has 0 saturated carbocycles. The van der Waals surface area contributed by atoms with Crippen LogP contribution in [-0.4, -0.2) is 22.9 Å². The zero-order valence-corrected chi connectivity index (χ0v) is 15.9. The molecule has 26 heavy (non-hydrogen) atoms. The van der Waals surface area contributed by atoms with Gasteiger partial charge in [0, 0.05) is 17.5 Å². The smallest absolute Gasteiger partial charge is 0.169 e. The fourth-order valence-electron chi connectivity index (χ4n) is 3.09. The first-order valence-corrected chi connectivity index (χ1v) is 9.13. The molecule has 3 aromatic heterocycles. The van der Waals surface area contributed by atoms with Gasteiger partial charge < -0.3 is 14.7 Å². The number of rotatable bonds is 3. The number of carbonyl (C=O) groups is 1. The first-order valence-electron chi connectivity index (χ1n) is 8.31. The maximum Gasteiger partial charge on any atom is 0.169 e. The van der Waals surface area contributed by atoms with E-state index in [0.717, 1.165) is 48.3 Å². The Kier molecular flexibility index (Phi) is 3.92. The number of Topliss-reactive ketones (excluding diaryl/α,β-unsaturated/α-hetero) is 1. The van der Waals surface area contributed by atoms with Crippen molar-refractivity contribution < 1.29 is 9.53 Å². The Hall–Kier alpha value is -2.86. The Morgan fingerprint density at radius 3 is 2.65 bits per heavy atom. The molecule has 0 spiro atoms. The summed E-state index contributed by atoms with van der Waals surface area (Å²) in [5, 5.41) is 2.63. The SMILES string of the molecule is COc1cc(=C2C=c3sc(C(C)=O)cc3=N2)[nH]/c1=C\c1[nH]c(C)cc1C. The average Bonchev–Trinajstić information content (AvgIpc) is 3.30. The standard InChI is InChI=1S/C20H19N3O2S/c1-10-5-11(2)21-13(10)6-16-18(25-4)7-14(22-16)15-8-20-17(23-15)9-19(26-20)12(3)24/h5-9,21-22H,1-4H3/b15-14?,16-6-. The molecule has 3 aromatic rings. The minimum atomic E-state index is 0.0737. The molecular weight excluding hydrogens is 346 g/mol. The van der Waals surface area contributed by atoms with Gasteiger partial charge in [-0.15, -0.1) is 11.3 Å². The van der Waals surface area contributed by atoms with E-state index in [-0.39, 0.29) is 5.78 Å². The number of ether oxygens (including phenoxy) is 1. The Morgan fingerprint density at radius 1 is 1.23 bits per heavy atom. The third-order valence-electron chi connectivity index (χ3n) is 4.38. The highest BCUT2D eigenvalue weighted by Crippen LogP contribution is 2.11. The third-order valence-corrected chi connectivity index (χ3v) is 5.55. The minimum absolute atomic E-state index is 0.0737. The molecule has 0 fully saturated rings. The lowest BCUT2D eigenvalue weighted by molar-refractivity contribution is 0.102. The Morgan fingerprint density at radius 2 is 2.04 bits per heavy atom. The highest BCUT2D eigenvalue weighted by Gasteiger charge is 2.11. The van der Waals surface area contributed by atoms with Gasteiger partial charge in [-0.05, 0) is 50.6 Å². The molecule has 6 heteroatoms. The molecule has 0 saturated heterocycles. The summed E-state index contributed by atoms with van der Waals surface area (Å²) < 4.78 is 6.54. The van der Waals surface area contributed by atoms with Crippen LogP contribution >= 0.6 is 11.3 Å². The number of fused-ring (bicyclic) bond motifs is 1. The molecule has 0 radical (unpaired) electrons. The monoisotopic (exact) mass is 365 g/mol. The number of ketones is 1. The summed E-state index contributed by atoms with van der Waals surface area (Å²) in [6.45, 7) is 5.69. The van der Waals surface area contributed by atoms with E-state index >= 15 is 0 Å². The van der Waals surface area contributed by atoms with Crippen molar-refractivity contribution in [3.05, 3.63) is 60.6 Å². The second-order valence-electron chi connectivity index (χ2n) is 6.42. The molecule has 0 bridgehead atoms. The van der Waals surface area contributed by atoms with Crippen LogP contribution < -0.4 is 25.3 Å². The van der Waals surface area contributed by atoms with Crippen LogP contribution in [0.25, 0.3) is 17.8 Å². The van der Waals surface area contributed by atoms with Crippen LogP contribution in [0.4, 0.5) is 0 Å². The molecule has 2 N–H and O–H groups in total. The molecule has 0 aliphatic carbocycles. The van der Waals surface area contributed by atoms with Gasteiger partial charge >= 0.3 is 0 Å². The number of thiophene rings is 1. The van der Waals surface area contributed by atoms with Gasteiger partial charge in [-0.1, -0.05) is 0 Å². The van der Waals surface area contributed by atoms with Crippen molar-refractivity contribution >= 4 is 35.0 Å². The first-order chi connectivity index (χ1) is 12.4. The molecule has 0 unspecified atom stereocenters. The predicted octanol–water partition coefficient (Wildman–Crippen LogP) is 1.28. The molecule has 132 valence electrons. The zero-order valence-electron chi connectivity index (χ0n) is 15.1. The summed E-state index contributed by atoms with van der Waals surface area (Å²) in [4.78, 5) is 23.7. The number of aromatic nitrogens is 2. The van der Waals surface area contributed by atoms with E-state index in [1.807, 2.05) is 31.2 Å². The second kappa shape index (κ2) is 6.14. The number of carbonyl (C=O) groups excluding carboxylic acids is 1. The van der Waals surface area contributed by atoms with Gasteiger partial charge in [0.05, 0.1) is 38.3 Å². The van der Waals surface area contributed by atoms with Crippen LogP contribution in [0.5, 0.6) is 5.75 Å². The van der Waals surface area contributed by atoms with E-state index in [4.69, 9.17) is 4.74 Å². The maximum absolute atomic E-state index is 11.5. The number of hydrogen-bond donors (Lipinski definition) is 2. The molecule has 1 aliphatic rings. The molecule has 5 nitrogen and oxygen atoms in total. The van der Waals surface area contributed by atoms with Gasteiger partial charge in [0.1, 0.15) is 5.75 Å². The second-order valence-corrected chi connectivity index (χ2v) is 7.50. The van der Waals surface area contributed by atoms with Crippen LogP contribution in [-0.2, 0) is 0 Å². The quantitative estimate of drug-likeness (QED) is 0.687. The van der Waals surface area contributed by atoms with Crippen molar-refractivity contribution in [2.75, 3.05) is 7.11 Å². The largest absolute Gasteiger partial charge is 0.494 e. The highest BCUT2D eigenvalue weighted by atomic mass is 32.1. The lowest BCUT2D eigenvalue weighted by atomic mass is 10.2. The highest BCUT2D eigenvalue weighted by molar-refractivity contribution is 7.12. The molecule has 4 heterocycles. The average molecular weight is 365 g/mol. The van der Waals surface area contributed by atoms with Gasteiger partial charge in [0.15, 0.2) is 5.78 Å². The number of methoxy groups -OCH3 is 1. The number of H-pyrrole nitrogens is 2. The Balaban J connectivity index is 1.86. The van der Waals surface area contributed by atoms with Gasteiger partial charge in [-0.25, -0.2) is 4.99 Å². The Bertz CT molecular complexity index is 1240. The lowest BCUT2D eigenvalue weighted by Crippen LogP contribution is -2.12. The normalized spacial score (nSPS) is 15.6. The zero-order chi connectivity index (χ0) is 18.4. The van der Waals surface area contributed by atoms with E-state index < -0.39 is 0 Å². The van der Waals surface area contributed by atoms with Crippen molar-refractivity contribution in [2.45, 2.75) is 20.8 Å². The predicted molar refractivity (Wildman–Crippen MR) is 103 cm³/mol. The van der Waals surface area contributed by atoms with E-state index in [2.05, 4.69) is 28.0 Å². The Labute approximate surface area is 154 Å². The van der Waals surface area contributed by atoms with Gasteiger partial charge in [0.2, 0.25) is 0 Å². The summed E-state index contributed by atoms with van der Waals surface area (Å²) in [7, 11) is 1.66. The molecule has 0 aromatic carbocycles. The number of aromatic amines is 2. The maximum atomic E-state index is 11.5. The van der Waals surface area contributed by atoms with E-state index in [1.54, 1.807) is 14.0 Å². The van der Waals surface area contributed by atoms with Crippen LogP contribution in [0.3, 0.4) is 0 Å². The van der Waals surface area contributed by atoms with Crippen LogP contribution in [0, 0.1) is 13.8 Å². The van der Waals surface area contributed by atoms with Gasteiger partial charge in [0.25, 0.3) is 0 Å². The summed E-state index contributed by atoms with van der Waals surface area (Å²) in [6, 6.07) is 5.92. The summed E-state index contributed by atoms with van der Waals surface area (Å²) in [6.07, 6.45) is 4.05. The van der Waals surface area contributed by atoms with Crippen molar-refractivity contribution in [3.8, 4) is 5.75 Å². The van der Waals surface area contributed by atoms with Crippen LogP contribution in [0.15, 0.2) is 23.2 Å². The summed E-state index contributed by atoms with van der Waals surface area (Å²) in [5.41, 5.74) is 4.21. The van der Waals surface area contributed by atoms with Gasteiger partial charge in [-0.3, -0.25) is 4.79 Å². The number of nitrogens with zero attached hydrogens (tertiary/aromatic N) is 1. The number of aryl methyl sites for hydroxylation is 2. The third kappa shape index (κ3) is 2.82. The van der Waals surface area contributed by atoms with Crippen LogP contribution in [0.1, 0.15) is 33.5 Å². The first kappa shape index (κ1) is 16.6. The van der Waals surface area contributed by atoms with Crippen molar-refractivity contribution in [2.24, 2.45) is 4.99 Å². The summed E-state index contributed by atoms with van der Waals surface area (Å²) >= 11 is 1.47. The fraction of sp³-hybridized carbons (Fsp3) is 0.200. The van der Waals surface area contributed by atoms with E-state index in [0.29, 0.717) is 0 Å². The number of hydrogen-bond acceptors (Lipinski definition) is 4. The minimum Gasteiger partial charge on any atom is -0.494 e. The fourth-order valence-corrected chi connectivity index (χ4v) is 4.02. The van der Waals surface area contributed by atoms with E-state index in [1.165, 1.54) is 16.9 Å². The van der Waals surface area contributed by atoms with Crippen LogP contribution in [0.2, 0.25) is 0 Å². The van der Waals surface area contributed by atoms with Crippen molar-refractivity contribution in [1.82, 2.24) is 9.97 Å². The topological polar surface area (TPSA) is 70.2 Å². The molecular formula is C20H19N3O2S. The van der Waals surface area contributed by atoms with E-state index in [9.17, 15) is 4.79 Å². The molecule has 4 rings (SSSR count). The van der Waals surface area contributed by atoms with Crippen molar-refractivity contribution in [1.29, 1.82) is 0 Å². The molecule has 0 atom stereocenters. The lowest BCUT2D eigenvalue weighted by Gasteiger charge is -1.94. The van der Waals surface area contributed by atoms with Crippen molar-refractivity contribution in [3.63, 3.8) is 0 Å². The number of nitrogens with one attached hydrogen (secondary N) is 2. The molecule has 1 aliphatic heterocycles. The molecule has 0 amide bonds. The van der Waals surface area contributed by atoms with Gasteiger partial charge in [-0.2, -0.15) is 0 Å². The summed E-state index contributed by atoms with van der Waals surface area (Å²) in [5.74, 6) is 0.840.